The van der Waals surface area contributed by atoms with Crippen molar-refractivity contribution in [1.82, 2.24) is 4.90 Å². The Balaban J connectivity index is 1.95. The number of rotatable bonds is 4. The molecule has 0 spiro atoms. The molecular weight excluding hydrogens is 232 g/mol. The van der Waals surface area contributed by atoms with E-state index in [-0.39, 0.29) is 0 Å². The van der Waals surface area contributed by atoms with Gasteiger partial charge in [-0.3, -0.25) is 0 Å². The minimum Gasteiger partial charge on any atom is -0.330 e. The molecule has 0 aromatic carbocycles. The SMILES string of the molecule is CCC1(CC)CCN(C2CCCCCC2CN)CC1. The summed E-state index contributed by atoms with van der Waals surface area (Å²) in [6.45, 7) is 8.31. The molecule has 19 heavy (non-hydrogen) atoms. The Bertz CT molecular complexity index is 250. The number of nitrogens with two attached hydrogens (primary N) is 1. The van der Waals surface area contributed by atoms with Crippen LogP contribution in [0.3, 0.4) is 0 Å². The second-order valence-corrected chi connectivity index (χ2v) is 6.94. The highest BCUT2D eigenvalue weighted by Gasteiger charge is 2.35. The van der Waals surface area contributed by atoms with Gasteiger partial charge in [-0.05, 0) is 56.7 Å². The van der Waals surface area contributed by atoms with Gasteiger partial charge in [0, 0.05) is 6.04 Å². The van der Waals surface area contributed by atoms with E-state index >= 15 is 0 Å². The van der Waals surface area contributed by atoms with E-state index in [1.807, 2.05) is 0 Å². The summed E-state index contributed by atoms with van der Waals surface area (Å²) in [7, 11) is 0. The molecule has 1 aliphatic heterocycles. The van der Waals surface area contributed by atoms with Crippen LogP contribution < -0.4 is 5.73 Å². The quantitative estimate of drug-likeness (QED) is 0.784. The molecule has 2 rings (SSSR count). The maximum atomic E-state index is 6.05. The third-order valence-corrected chi connectivity index (χ3v) is 6.25. The largest absolute Gasteiger partial charge is 0.330 e. The van der Waals surface area contributed by atoms with Gasteiger partial charge in [0.05, 0.1) is 0 Å². The molecule has 2 unspecified atom stereocenters. The summed E-state index contributed by atoms with van der Waals surface area (Å²) in [5.41, 5.74) is 6.70. The Hall–Kier alpha value is -0.0800. The van der Waals surface area contributed by atoms with Crippen molar-refractivity contribution in [3.05, 3.63) is 0 Å². The van der Waals surface area contributed by atoms with Gasteiger partial charge in [-0.2, -0.15) is 0 Å². The number of nitrogens with zero attached hydrogens (tertiary/aromatic N) is 1. The maximum Gasteiger partial charge on any atom is 0.0136 e. The molecule has 1 saturated heterocycles. The monoisotopic (exact) mass is 266 g/mol. The fraction of sp³-hybridized carbons (Fsp3) is 1.00. The normalized spacial score (nSPS) is 33.0. The zero-order valence-electron chi connectivity index (χ0n) is 13.2. The molecule has 1 saturated carbocycles. The first kappa shape index (κ1) is 15.3. The molecule has 1 heterocycles. The summed E-state index contributed by atoms with van der Waals surface area (Å²) < 4.78 is 0. The van der Waals surface area contributed by atoms with Gasteiger partial charge < -0.3 is 10.6 Å². The standard InChI is InChI=1S/C17H34N2/c1-3-17(4-2)10-12-19(13-11-17)16-9-7-5-6-8-15(16)14-18/h15-16H,3-14,18H2,1-2H3. The summed E-state index contributed by atoms with van der Waals surface area (Å²) in [6.07, 6.45) is 12.6. The van der Waals surface area contributed by atoms with Gasteiger partial charge in [0.15, 0.2) is 0 Å². The van der Waals surface area contributed by atoms with Gasteiger partial charge in [-0.25, -0.2) is 0 Å². The number of hydrogen-bond acceptors (Lipinski definition) is 2. The van der Waals surface area contributed by atoms with E-state index in [9.17, 15) is 0 Å². The third kappa shape index (κ3) is 3.52. The molecule has 0 radical (unpaired) electrons. The highest BCUT2D eigenvalue weighted by Crippen LogP contribution is 2.40. The number of piperidine rings is 1. The van der Waals surface area contributed by atoms with Crippen LogP contribution in [0.2, 0.25) is 0 Å². The molecule has 2 heteroatoms. The Morgan fingerprint density at radius 1 is 1.00 bits per heavy atom. The van der Waals surface area contributed by atoms with Gasteiger partial charge in [0.25, 0.3) is 0 Å². The number of hydrogen-bond donors (Lipinski definition) is 1. The van der Waals surface area contributed by atoms with Crippen LogP contribution in [-0.2, 0) is 0 Å². The molecule has 0 bridgehead atoms. The van der Waals surface area contributed by atoms with Crippen LogP contribution in [0.4, 0.5) is 0 Å². The molecule has 112 valence electrons. The highest BCUT2D eigenvalue weighted by molar-refractivity contribution is 4.90. The van der Waals surface area contributed by atoms with Crippen LogP contribution in [0.15, 0.2) is 0 Å². The Morgan fingerprint density at radius 2 is 1.63 bits per heavy atom. The van der Waals surface area contributed by atoms with Crippen LogP contribution in [0.5, 0.6) is 0 Å². The van der Waals surface area contributed by atoms with Crippen molar-refractivity contribution in [2.24, 2.45) is 17.1 Å². The molecular formula is C17H34N2. The fourth-order valence-electron chi connectivity index (χ4n) is 4.41. The van der Waals surface area contributed by atoms with Crippen molar-refractivity contribution in [3.63, 3.8) is 0 Å². The van der Waals surface area contributed by atoms with E-state index in [0.717, 1.165) is 18.5 Å². The molecule has 0 amide bonds. The zero-order chi connectivity index (χ0) is 13.7. The van der Waals surface area contributed by atoms with Crippen molar-refractivity contribution < 1.29 is 0 Å². The average molecular weight is 266 g/mol. The van der Waals surface area contributed by atoms with E-state index in [2.05, 4.69) is 18.7 Å². The lowest BCUT2D eigenvalue weighted by Gasteiger charge is -2.45. The Labute approximate surface area is 120 Å². The molecule has 2 atom stereocenters. The molecule has 1 aliphatic carbocycles. The van der Waals surface area contributed by atoms with Crippen LogP contribution >= 0.6 is 0 Å². The summed E-state index contributed by atoms with van der Waals surface area (Å²) in [5.74, 6) is 0.762. The van der Waals surface area contributed by atoms with Crippen LogP contribution in [0.1, 0.15) is 71.6 Å². The zero-order valence-corrected chi connectivity index (χ0v) is 13.2. The van der Waals surface area contributed by atoms with Crippen LogP contribution in [0.25, 0.3) is 0 Å². The fourth-order valence-corrected chi connectivity index (χ4v) is 4.41. The Morgan fingerprint density at radius 3 is 2.21 bits per heavy atom. The summed E-state index contributed by atoms with van der Waals surface area (Å²) in [4.78, 5) is 2.80. The molecule has 0 aromatic heterocycles. The van der Waals surface area contributed by atoms with E-state index < -0.39 is 0 Å². The maximum absolute atomic E-state index is 6.05. The minimum absolute atomic E-state index is 0.652. The van der Waals surface area contributed by atoms with Crippen LogP contribution in [-0.4, -0.2) is 30.6 Å². The summed E-state index contributed by atoms with van der Waals surface area (Å²) >= 11 is 0. The van der Waals surface area contributed by atoms with Crippen molar-refractivity contribution in [2.75, 3.05) is 19.6 Å². The predicted molar refractivity (Wildman–Crippen MR) is 83.2 cm³/mol. The van der Waals surface area contributed by atoms with Gasteiger partial charge in [-0.15, -0.1) is 0 Å². The minimum atomic E-state index is 0.652. The smallest absolute Gasteiger partial charge is 0.0136 e. The average Bonchev–Trinajstić information content (AvgIpc) is 2.72. The number of likely N-dealkylation sites (tertiary alicyclic amines) is 1. The van der Waals surface area contributed by atoms with Crippen molar-refractivity contribution in [3.8, 4) is 0 Å². The Kier molecular flexibility index (Phi) is 5.70. The summed E-state index contributed by atoms with van der Waals surface area (Å²) in [5, 5.41) is 0. The highest BCUT2D eigenvalue weighted by atomic mass is 15.2. The van der Waals surface area contributed by atoms with Crippen molar-refractivity contribution >= 4 is 0 Å². The first-order valence-electron chi connectivity index (χ1n) is 8.69. The molecule has 0 aromatic rings. The van der Waals surface area contributed by atoms with E-state index in [1.165, 1.54) is 70.9 Å². The van der Waals surface area contributed by atoms with Crippen molar-refractivity contribution in [2.45, 2.75) is 77.7 Å². The van der Waals surface area contributed by atoms with Crippen LogP contribution in [0, 0.1) is 11.3 Å². The van der Waals surface area contributed by atoms with E-state index in [4.69, 9.17) is 5.73 Å². The second-order valence-electron chi connectivity index (χ2n) is 6.94. The first-order valence-corrected chi connectivity index (χ1v) is 8.69. The lowest BCUT2D eigenvalue weighted by Crippen LogP contribution is -2.49. The third-order valence-electron chi connectivity index (χ3n) is 6.25. The van der Waals surface area contributed by atoms with Crippen molar-refractivity contribution in [1.29, 1.82) is 0 Å². The van der Waals surface area contributed by atoms with Gasteiger partial charge >= 0.3 is 0 Å². The van der Waals surface area contributed by atoms with Gasteiger partial charge in [0.2, 0.25) is 0 Å². The molecule has 2 fully saturated rings. The van der Waals surface area contributed by atoms with Gasteiger partial charge in [-0.1, -0.05) is 46.0 Å². The molecule has 2 N–H and O–H groups in total. The van der Waals surface area contributed by atoms with E-state index in [0.29, 0.717) is 5.41 Å². The molecule has 2 aliphatic rings. The predicted octanol–water partition coefficient (Wildman–Crippen LogP) is 3.80. The summed E-state index contributed by atoms with van der Waals surface area (Å²) in [6, 6.07) is 0.791. The lowest BCUT2D eigenvalue weighted by molar-refractivity contribution is 0.0434. The molecule has 2 nitrogen and oxygen atoms in total. The second kappa shape index (κ2) is 7.08. The first-order chi connectivity index (χ1) is 9.24. The lowest BCUT2D eigenvalue weighted by atomic mass is 9.73. The topological polar surface area (TPSA) is 29.3 Å². The van der Waals surface area contributed by atoms with E-state index in [1.54, 1.807) is 0 Å². The van der Waals surface area contributed by atoms with Gasteiger partial charge in [0.1, 0.15) is 0 Å².